The molecule has 4 nitrogen and oxygen atoms in total. The number of hydrogen-bond acceptors (Lipinski definition) is 3. The maximum atomic E-state index is 12.5. The van der Waals surface area contributed by atoms with Crippen LogP contribution in [0.4, 0.5) is 0 Å². The summed E-state index contributed by atoms with van der Waals surface area (Å²) in [5, 5.41) is 6.98. The third kappa shape index (κ3) is 3.48. The van der Waals surface area contributed by atoms with E-state index in [1.807, 2.05) is 54.6 Å². The minimum atomic E-state index is -0.216. The van der Waals surface area contributed by atoms with Crippen LogP contribution in [0.2, 0.25) is 0 Å². The molecule has 1 aliphatic carbocycles. The van der Waals surface area contributed by atoms with Crippen molar-refractivity contribution in [1.82, 2.24) is 10.6 Å². The molecular formula is C21H20N2O2S. The van der Waals surface area contributed by atoms with Crippen molar-refractivity contribution in [3.05, 3.63) is 77.0 Å². The van der Waals surface area contributed by atoms with Crippen molar-refractivity contribution in [1.29, 1.82) is 0 Å². The van der Waals surface area contributed by atoms with Crippen LogP contribution in [-0.2, 0) is 11.4 Å². The highest BCUT2D eigenvalue weighted by molar-refractivity contribution is 7.80. The van der Waals surface area contributed by atoms with Gasteiger partial charge in [-0.05, 0) is 48.3 Å². The summed E-state index contributed by atoms with van der Waals surface area (Å²) < 4.78 is 5.94. The van der Waals surface area contributed by atoms with Crippen LogP contribution in [0, 0.1) is 0 Å². The first-order valence-electron chi connectivity index (χ1n) is 8.81. The Bertz CT molecular complexity index is 877. The molecule has 0 amide bonds. The number of rotatable bonds is 4. The van der Waals surface area contributed by atoms with Crippen molar-refractivity contribution >= 4 is 23.1 Å². The molecule has 1 unspecified atom stereocenters. The van der Waals surface area contributed by atoms with E-state index < -0.39 is 0 Å². The molecule has 0 saturated heterocycles. The lowest BCUT2D eigenvalue weighted by molar-refractivity contribution is -0.116. The average molecular weight is 364 g/mol. The summed E-state index contributed by atoms with van der Waals surface area (Å²) in [4.78, 5) is 12.5. The number of hydrogen-bond donors (Lipinski definition) is 2. The van der Waals surface area contributed by atoms with E-state index in [1.54, 1.807) is 0 Å². The number of carbonyl (C=O) groups excluding carboxylic acids is 1. The van der Waals surface area contributed by atoms with E-state index in [0.717, 1.165) is 41.0 Å². The van der Waals surface area contributed by atoms with Crippen molar-refractivity contribution in [3.8, 4) is 5.75 Å². The number of allylic oxidation sites excluding steroid dienone is 1. The minimum absolute atomic E-state index is 0.189. The number of benzene rings is 2. The topological polar surface area (TPSA) is 50.4 Å². The second-order valence-corrected chi connectivity index (χ2v) is 6.96. The fraction of sp³-hybridized carbons (Fsp3) is 0.238. The molecule has 1 atom stereocenters. The molecule has 0 fully saturated rings. The quantitative estimate of drug-likeness (QED) is 0.809. The highest BCUT2D eigenvalue weighted by Crippen LogP contribution is 2.34. The molecule has 132 valence electrons. The third-order valence-corrected chi connectivity index (χ3v) is 4.94. The number of carbonyl (C=O) groups is 1. The summed E-state index contributed by atoms with van der Waals surface area (Å²) in [6.07, 6.45) is 2.33. The Morgan fingerprint density at radius 1 is 1.08 bits per heavy atom. The van der Waals surface area contributed by atoms with Crippen molar-refractivity contribution < 1.29 is 9.53 Å². The third-order valence-electron chi connectivity index (χ3n) is 4.72. The van der Waals surface area contributed by atoms with E-state index in [2.05, 4.69) is 10.6 Å². The Hall–Kier alpha value is -2.66. The van der Waals surface area contributed by atoms with Crippen LogP contribution in [-0.4, -0.2) is 10.9 Å². The van der Waals surface area contributed by atoms with Gasteiger partial charge < -0.3 is 15.4 Å². The van der Waals surface area contributed by atoms with Gasteiger partial charge in [-0.2, -0.15) is 0 Å². The van der Waals surface area contributed by atoms with Gasteiger partial charge >= 0.3 is 0 Å². The second-order valence-electron chi connectivity index (χ2n) is 6.55. The first-order chi connectivity index (χ1) is 12.7. The van der Waals surface area contributed by atoms with Crippen LogP contribution >= 0.6 is 12.2 Å². The first-order valence-corrected chi connectivity index (χ1v) is 9.22. The molecule has 2 aromatic rings. The van der Waals surface area contributed by atoms with Crippen molar-refractivity contribution in [2.45, 2.75) is 31.9 Å². The monoisotopic (exact) mass is 364 g/mol. The lowest BCUT2D eigenvalue weighted by Crippen LogP contribution is -2.46. The number of thiocarbonyl (C=S) groups is 1. The van der Waals surface area contributed by atoms with Gasteiger partial charge in [0.1, 0.15) is 12.4 Å². The molecular weight excluding hydrogens is 344 g/mol. The molecule has 0 saturated carbocycles. The fourth-order valence-corrected chi connectivity index (χ4v) is 3.72. The molecule has 4 rings (SSSR count). The van der Waals surface area contributed by atoms with Gasteiger partial charge in [-0.1, -0.05) is 42.5 Å². The maximum Gasteiger partial charge on any atom is 0.171 e. The number of ketones is 1. The van der Waals surface area contributed by atoms with Crippen LogP contribution in [0.3, 0.4) is 0 Å². The van der Waals surface area contributed by atoms with E-state index in [9.17, 15) is 4.79 Å². The van der Waals surface area contributed by atoms with Crippen LogP contribution in [0.15, 0.2) is 65.9 Å². The van der Waals surface area contributed by atoms with Crippen LogP contribution in [0.1, 0.15) is 36.4 Å². The van der Waals surface area contributed by atoms with Crippen molar-refractivity contribution in [3.63, 3.8) is 0 Å². The predicted octanol–water partition coefficient (Wildman–Crippen LogP) is 3.79. The Morgan fingerprint density at radius 3 is 2.77 bits per heavy atom. The van der Waals surface area contributed by atoms with E-state index in [-0.39, 0.29) is 11.8 Å². The molecule has 1 aliphatic heterocycles. The van der Waals surface area contributed by atoms with Crippen LogP contribution < -0.4 is 15.4 Å². The second kappa shape index (κ2) is 7.30. The van der Waals surface area contributed by atoms with Gasteiger partial charge in [0.05, 0.1) is 6.04 Å². The molecule has 26 heavy (non-hydrogen) atoms. The lowest BCUT2D eigenvalue weighted by atomic mass is 9.85. The summed E-state index contributed by atoms with van der Waals surface area (Å²) in [5.74, 6) is 0.970. The summed E-state index contributed by atoms with van der Waals surface area (Å²) in [7, 11) is 0. The highest BCUT2D eigenvalue weighted by atomic mass is 32.1. The minimum Gasteiger partial charge on any atom is -0.489 e. The summed E-state index contributed by atoms with van der Waals surface area (Å²) in [6.45, 7) is 0.509. The van der Waals surface area contributed by atoms with Gasteiger partial charge in [-0.15, -0.1) is 0 Å². The molecule has 2 aliphatic rings. The van der Waals surface area contributed by atoms with Gasteiger partial charge in [-0.3, -0.25) is 4.79 Å². The number of nitrogens with one attached hydrogen (secondary N) is 2. The number of ether oxygens (including phenoxy) is 1. The highest BCUT2D eigenvalue weighted by Gasteiger charge is 2.33. The van der Waals surface area contributed by atoms with E-state index >= 15 is 0 Å². The smallest absolute Gasteiger partial charge is 0.171 e. The SMILES string of the molecule is O=C1CCCC2=C1C(c1cccc(OCc3ccccc3)c1)NC(=S)N2. The summed E-state index contributed by atoms with van der Waals surface area (Å²) in [6, 6.07) is 17.7. The Labute approximate surface area is 158 Å². The molecule has 0 bridgehead atoms. The zero-order valence-corrected chi connectivity index (χ0v) is 15.1. The zero-order chi connectivity index (χ0) is 17.9. The van der Waals surface area contributed by atoms with Gasteiger partial charge in [0.2, 0.25) is 0 Å². The molecule has 0 aromatic heterocycles. The van der Waals surface area contributed by atoms with E-state index in [4.69, 9.17) is 17.0 Å². The molecule has 1 heterocycles. The standard InChI is InChI=1S/C21H20N2O2S/c24-18-11-5-10-17-19(18)20(23-21(26)22-17)15-8-4-9-16(12-15)25-13-14-6-2-1-3-7-14/h1-4,6-9,12,20H,5,10-11,13H2,(H2,22,23,26). The molecule has 0 spiro atoms. The van der Waals surface area contributed by atoms with Gasteiger partial charge in [0, 0.05) is 17.7 Å². The van der Waals surface area contributed by atoms with Crippen molar-refractivity contribution in [2.24, 2.45) is 0 Å². The van der Waals surface area contributed by atoms with Gasteiger partial charge in [-0.25, -0.2) is 0 Å². The summed E-state index contributed by atoms with van der Waals surface area (Å²) in [5.41, 5.74) is 3.88. The summed E-state index contributed by atoms with van der Waals surface area (Å²) >= 11 is 5.34. The molecule has 0 radical (unpaired) electrons. The predicted molar refractivity (Wildman–Crippen MR) is 105 cm³/mol. The average Bonchev–Trinajstić information content (AvgIpc) is 2.67. The normalized spacial score (nSPS) is 19.5. The van der Waals surface area contributed by atoms with Gasteiger partial charge in [0.15, 0.2) is 10.9 Å². The van der Waals surface area contributed by atoms with E-state index in [1.165, 1.54) is 0 Å². The number of Topliss-reactive ketones (excluding diaryl/α,β-unsaturated/α-hetero) is 1. The first kappa shape index (κ1) is 16.8. The van der Waals surface area contributed by atoms with Crippen LogP contribution in [0.25, 0.3) is 0 Å². The Kier molecular flexibility index (Phi) is 4.71. The zero-order valence-electron chi connectivity index (χ0n) is 14.3. The maximum absolute atomic E-state index is 12.5. The fourth-order valence-electron chi connectivity index (χ4n) is 3.48. The van der Waals surface area contributed by atoms with Crippen LogP contribution in [0.5, 0.6) is 5.75 Å². The van der Waals surface area contributed by atoms with E-state index in [0.29, 0.717) is 18.1 Å². The molecule has 2 N–H and O–H groups in total. The Balaban J connectivity index is 1.59. The molecule has 2 aromatic carbocycles. The largest absolute Gasteiger partial charge is 0.489 e. The molecule has 5 heteroatoms. The van der Waals surface area contributed by atoms with Gasteiger partial charge in [0.25, 0.3) is 0 Å². The Morgan fingerprint density at radius 2 is 1.92 bits per heavy atom. The van der Waals surface area contributed by atoms with Crippen molar-refractivity contribution in [2.75, 3.05) is 0 Å². The lowest BCUT2D eigenvalue weighted by Gasteiger charge is -2.33.